The average Bonchev–Trinajstić information content (AvgIpc) is 3.17. The molecule has 6 nitrogen and oxygen atoms in total. The molecule has 0 bridgehead atoms. The molecule has 2 atom stereocenters. The summed E-state index contributed by atoms with van der Waals surface area (Å²) in [4.78, 5) is 13.3. The number of ether oxygens (including phenoxy) is 1. The first kappa shape index (κ1) is 14.1. The monoisotopic (exact) mass is 291 g/mol. The summed E-state index contributed by atoms with van der Waals surface area (Å²) in [5.41, 5.74) is 0.858. The Labute approximate surface area is 124 Å². The van der Waals surface area contributed by atoms with E-state index in [2.05, 4.69) is 10.2 Å². The summed E-state index contributed by atoms with van der Waals surface area (Å²) in [6.45, 7) is 1.94. The molecule has 1 aromatic carbocycles. The minimum Gasteiger partial charge on any atom is -0.496 e. The molecular formula is C15H21N3O3. The van der Waals surface area contributed by atoms with Crippen molar-refractivity contribution < 1.29 is 9.66 Å². The van der Waals surface area contributed by atoms with Crippen molar-refractivity contribution in [3.8, 4) is 5.75 Å². The van der Waals surface area contributed by atoms with Gasteiger partial charge in [0.1, 0.15) is 11.4 Å². The quantitative estimate of drug-likeness (QED) is 0.681. The van der Waals surface area contributed by atoms with Crippen LogP contribution in [0.2, 0.25) is 0 Å². The maximum Gasteiger partial charge on any atom is 0.296 e. The lowest BCUT2D eigenvalue weighted by Crippen LogP contribution is -2.44. The highest BCUT2D eigenvalue weighted by atomic mass is 16.6. The van der Waals surface area contributed by atoms with Crippen LogP contribution in [-0.2, 0) is 0 Å². The zero-order valence-electron chi connectivity index (χ0n) is 12.2. The van der Waals surface area contributed by atoms with Gasteiger partial charge in [0.15, 0.2) is 0 Å². The largest absolute Gasteiger partial charge is 0.496 e. The first-order chi connectivity index (χ1) is 10.2. The topological polar surface area (TPSA) is 67.6 Å². The number of hydrogen-bond acceptors (Lipinski definition) is 5. The highest BCUT2D eigenvalue weighted by Crippen LogP contribution is 2.37. The molecule has 1 aromatic rings. The fraction of sp³-hybridized carbons (Fsp3) is 0.600. The maximum atomic E-state index is 11.4. The molecule has 0 spiro atoms. The van der Waals surface area contributed by atoms with E-state index in [1.807, 2.05) is 6.07 Å². The Balaban J connectivity index is 1.92. The molecule has 0 saturated carbocycles. The molecule has 0 aromatic heterocycles. The van der Waals surface area contributed by atoms with Gasteiger partial charge in [-0.05, 0) is 44.4 Å². The summed E-state index contributed by atoms with van der Waals surface area (Å²) in [5.74, 6) is 0.528. The summed E-state index contributed by atoms with van der Waals surface area (Å²) in [5, 5.41) is 14.9. The summed E-state index contributed by atoms with van der Waals surface area (Å²) in [6, 6.07) is 5.96. The second-order valence-corrected chi connectivity index (χ2v) is 5.72. The van der Waals surface area contributed by atoms with E-state index < -0.39 is 0 Å². The Hall–Kier alpha value is -1.82. The predicted octanol–water partition coefficient (Wildman–Crippen LogP) is 2.32. The Morgan fingerprint density at radius 1 is 1.38 bits per heavy atom. The minimum atomic E-state index is -0.310. The highest BCUT2D eigenvalue weighted by molar-refractivity contribution is 5.66. The number of methoxy groups -OCH3 is 1. The zero-order valence-corrected chi connectivity index (χ0v) is 12.2. The number of anilines is 1. The van der Waals surface area contributed by atoms with Gasteiger partial charge < -0.3 is 15.0 Å². The SMILES string of the molecule is COc1ccc(N2CCCC2C2CCCN2)c([N+](=O)[O-])c1. The van der Waals surface area contributed by atoms with Gasteiger partial charge in [-0.3, -0.25) is 10.1 Å². The van der Waals surface area contributed by atoms with Crippen LogP contribution in [-0.4, -0.2) is 37.2 Å². The number of nitrogens with one attached hydrogen (secondary N) is 1. The average molecular weight is 291 g/mol. The number of rotatable bonds is 4. The number of nitro groups is 1. The smallest absolute Gasteiger partial charge is 0.296 e. The second-order valence-electron chi connectivity index (χ2n) is 5.72. The van der Waals surface area contributed by atoms with Crippen molar-refractivity contribution >= 4 is 11.4 Å². The Kier molecular flexibility index (Phi) is 3.96. The normalized spacial score (nSPS) is 25.3. The molecule has 6 heteroatoms. The maximum absolute atomic E-state index is 11.4. The van der Waals surface area contributed by atoms with E-state index in [0.717, 1.165) is 38.0 Å². The van der Waals surface area contributed by atoms with Gasteiger partial charge >= 0.3 is 0 Å². The molecule has 2 unspecified atom stereocenters. The van der Waals surface area contributed by atoms with E-state index in [1.54, 1.807) is 6.07 Å². The van der Waals surface area contributed by atoms with E-state index in [1.165, 1.54) is 19.6 Å². The molecule has 2 fully saturated rings. The molecule has 0 aliphatic carbocycles. The molecule has 3 rings (SSSR count). The van der Waals surface area contributed by atoms with Crippen molar-refractivity contribution in [2.24, 2.45) is 0 Å². The Morgan fingerprint density at radius 2 is 2.24 bits per heavy atom. The number of nitrogens with zero attached hydrogens (tertiary/aromatic N) is 2. The van der Waals surface area contributed by atoms with E-state index in [9.17, 15) is 10.1 Å². The van der Waals surface area contributed by atoms with Crippen molar-refractivity contribution in [1.29, 1.82) is 0 Å². The molecular weight excluding hydrogens is 270 g/mol. The standard InChI is InChI=1S/C15H21N3O3/c1-21-11-6-7-14(15(10-11)18(19)20)17-9-3-5-13(17)12-4-2-8-16-12/h6-7,10,12-13,16H,2-5,8-9H2,1H3. The zero-order chi connectivity index (χ0) is 14.8. The van der Waals surface area contributed by atoms with Crippen molar-refractivity contribution in [3.63, 3.8) is 0 Å². The van der Waals surface area contributed by atoms with E-state index in [4.69, 9.17) is 4.74 Å². The van der Waals surface area contributed by atoms with Crippen LogP contribution in [0.25, 0.3) is 0 Å². The van der Waals surface area contributed by atoms with E-state index in [0.29, 0.717) is 17.8 Å². The van der Waals surface area contributed by atoms with E-state index >= 15 is 0 Å². The van der Waals surface area contributed by atoms with Crippen LogP contribution in [0.15, 0.2) is 18.2 Å². The molecule has 21 heavy (non-hydrogen) atoms. The van der Waals surface area contributed by atoms with Gasteiger partial charge in [0, 0.05) is 18.6 Å². The van der Waals surface area contributed by atoms with Gasteiger partial charge in [0.2, 0.25) is 0 Å². The van der Waals surface area contributed by atoms with Crippen LogP contribution < -0.4 is 15.0 Å². The van der Waals surface area contributed by atoms with Crippen molar-refractivity contribution in [2.75, 3.05) is 25.1 Å². The van der Waals surface area contributed by atoms with Crippen LogP contribution in [0, 0.1) is 10.1 Å². The third kappa shape index (κ3) is 2.68. The fourth-order valence-corrected chi connectivity index (χ4v) is 3.57. The highest BCUT2D eigenvalue weighted by Gasteiger charge is 2.36. The first-order valence-electron chi connectivity index (χ1n) is 7.53. The fourth-order valence-electron chi connectivity index (χ4n) is 3.57. The molecule has 2 saturated heterocycles. The van der Waals surface area contributed by atoms with Gasteiger partial charge in [0.25, 0.3) is 5.69 Å². The van der Waals surface area contributed by atoms with Crippen LogP contribution in [0.1, 0.15) is 25.7 Å². The molecule has 0 radical (unpaired) electrons. The molecule has 0 amide bonds. The Morgan fingerprint density at radius 3 is 2.90 bits per heavy atom. The van der Waals surface area contributed by atoms with Gasteiger partial charge in [-0.2, -0.15) is 0 Å². The summed E-state index contributed by atoms with van der Waals surface area (Å²) >= 11 is 0. The molecule has 2 aliphatic rings. The van der Waals surface area contributed by atoms with Crippen LogP contribution in [0.3, 0.4) is 0 Å². The summed E-state index contributed by atoms with van der Waals surface area (Å²) < 4.78 is 5.11. The van der Waals surface area contributed by atoms with Crippen molar-refractivity contribution in [1.82, 2.24) is 5.32 Å². The lowest BCUT2D eigenvalue weighted by atomic mass is 10.0. The third-order valence-corrected chi connectivity index (χ3v) is 4.55. The summed E-state index contributed by atoms with van der Waals surface area (Å²) in [7, 11) is 1.53. The van der Waals surface area contributed by atoms with Crippen LogP contribution >= 0.6 is 0 Å². The van der Waals surface area contributed by atoms with Gasteiger partial charge in [-0.15, -0.1) is 0 Å². The first-order valence-corrected chi connectivity index (χ1v) is 7.53. The summed E-state index contributed by atoms with van der Waals surface area (Å²) in [6.07, 6.45) is 4.54. The van der Waals surface area contributed by atoms with Crippen molar-refractivity contribution in [3.05, 3.63) is 28.3 Å². The molecule has 1 N–H and O–H groups in total. The lowest BCUT2D eigenvalue weighted by molar-refractivity contribution is -0.384. The predicted molar refractivity (Wildman–Crippen MR) is 81.0 cm³/mol. The minimum absolute atomic E-state index is 0.138. The molecule has 2 aliphatic heterocycles. The van der Waals surface area contributed by atoms with Crippen LogP contribution in [0.4, 0.5) is 11.4 Å². The lowest BCUT2D eigenvalue weighted by Gasteiger charge is -2.31. The number of benzene rings is 1. The molecule has 114 valence electrons. The second kappa shape index (κ2) is 5.89. The van der Waals surface area contributed by atoms with Crippen molar-refractivity contribution in [2.45, 2.75) is 37.8 Å². The number of nitro benzene ring substituents is 1. The van der Waals surface area contributed by atoms with E-state index in [-0.39, 0.29) is 10.6 Å². The third-order valence-electron chi connectivity index (χ3n) is 4.55. The van der Waals surface area contributed by atoms with Gasteiger partial charge in [0.05, 0.1) is 18.1 Å². The molecule has 2 heterocycles. The van der Waals surface area contributed by atoms with Gasteiger partial charge in [-0.1, -0.05) is 0 Å². The Bertz CT molecular complexity index is 529. The van der Waals surface area contributed by atoms with Gasteiger partial charge in [-0.25, -0.2) is 0 Å². The number of hydrogen-bond donors (Lipinski definition) is 1. The van der Waals surface area contributed by atoms with Crippen LogP contribution in [0.5, 0.6) is 5.75 Å².